The normalized spacial score (nSPS) is 18.0. The quantitative estimate of drug-likeness (QED) is 0.398. The standard InChI is InChI=1S/2C8H9O2P.3C2H6/c2*1-11-9-6-7-4-2-3-5-8(7)10-11;3*1-2/h2*2-5H,6H2,1H3;3*1-2H3. The third-order valence-corrected chi connectivity index (χ3v) is 5.10. The Hall–Kier alpha value is -1.18. The van der Waals surface area contributed by atoms with Gasteiger partial charge in [-0.15, -0.1) is 0 Å². The number of benzene rings is 2. The fourth-order valence-corrected chi connectivity index (χ4v) is 3.73. The van der Waals surface area contributed by atoms with Crippen LogP contribution in [0.2, 0.25) is 0 Å². The van der Waals surface area contributed by atoms with Crippen LogP contribution < -0.4 is 9.05 Å². The third kappa shape index (κ3) is 9.34. The van der Waals surface area contributed by atoms with E-state index in [4.69, 9.17) is 18.1 Å². The second kappa shape index (κ2) is 16.7. The summed E-state index contributed by atoms with van der Waals surface area (Å²) in [5.74, 6) is 1.96. The van der Waals surface area contributed by atoms with E-state index in [0.29, 0.717) is 13.2 Å². The van der Waals surface area contributed by atoms with Gasteiger partial charge in [0.2, 0.25) is 16.8 Å². The summed E-state index contributed by atoms with van der Waals surface area (Å²) in [6.45, 7) is 17.3. The van der Waals surface area contributed by atoms with E-state index in [-0.39, 0.29) is 0 Å². The van der Waals surface area contributed by atoms with Crippen molar-refractivity contribution in [2.75, 3.05) is 13.3 Å². The molecule has 158 valence electrons. The molecule has 0 N–H and O–H groups in total. The van der Waals surface area contributed by atoms with E-state index in [1.807, 2.05) is 103 Å². The van der Waals surface area contributed by atoms with Crippen LogP contribution in [0, 0.1) is 0 Å². The molecule has 4 rings (SSSR count). The highest BCUT2D eigenvalue weighted by Gasteiger charge is 2.16. The van der Waals surface area contributed by atoms with E-state index in [1.54, 1.807) is 0 Å². The van der Waals surface area contributed by atoms with Gasteiger partial charge < -0.3 is 18.1 Å². The maximum absolute atomic E-state index is 5.47. The molecule has 0 bridgehead atoms. The summed E-state index contributed by atoms with van der Waals surface area (Å²) in [6, 6.07) is 16.0. The molecule has 0 saturated heterocycles. The Kier molecular flexibility index (Phi) is 16.0. The Balaban J connectivity index is 0.000000412. The summed E-state index contributed by atoms with van der Waals surface area (Å²) in [4.78, 5) is 0. The van der Waals surface area contributed by atoms with E-state index in [1.165, 1.54) is 0 Å². The smallest absolute Gasteiger partial charge is 0.227 e. The van der Waals surface area contributed by atoms with Gasteiger partial charge in [-0.3, -0.25) is 0 Å². The molecule has 0 fully saturated rings. The molecule has 0 saturated carbocycles. The zero-order valence-electron chi connectivity index (χ0n) is 18.6. The Labute approximate surface area is 174 Å². The summed E-state index contributed by atoms with van der Waals surface area (Å²) in [6.07, 6.45) is 0. The molecule has 2 atom stereocenters. The molecule has 28 heavy (non-hydrogen) atoms. The van der Waals surface area contributed by atoms with Gasteiger partial charge in [0.1, 0.15) is 11.5 Å². The first-order valence-electron chi connectivity index (χ1n) is 9.97. The van der Waals surface area contributed by atoms with Gasteiger partial charge in [0.05, 0.1) is 13.2 Å². The molecule has 0 amide bonds. The van der Waals surface area contributed by atoms with Gasteiger partial charge in [-0.1, -0.05) is 77.9 Å². The molecule has 2 aromatic carbocycles. The lowest BCUT2D eigenvalue weighted by atomic mass is 10.2. The van der Waals surface area contributed by atoms with Crippen LogP contribution >= 0.6 is 16.8 Å². The molecule has 0 aliphatic carbocycles. The van der Waals surface area contributed by atoms with Crippen molar-refractivity contribution >= 4 is 16.8 Å². The van der Waals surface area contributed by atoms with Gasteiger partial charge in [-0.05, 0) is 12.1 Å². The zero-order chi connectivity index (χ0) is 21.4. The lowest BCUT2D eigenvalue weighted by Crippen LogP contribution is -2.01. The van der Waals surface area contributed by atoms with Crippen molar-refractivity contribution in [3.8, 4) is 11.5 Å². The van der Waals surface area contributed by atoms with Crippen LogP contribution in [0.15, 0.2) is 48.5 Å². The molecule has 0 radical (unpaired) electrons. The maximum atomic E-state index is 5.47. The fourth-order valence-electron chi connectivity index (χ4n) is 2.07. The molecule has 4 nitrogen and oxygen atoms in total. The maximum Gasteiger partial charge on any atom is 0.227 e. The van der Waals surface area contributed by atoms with Crippen molar-refractivity contribution in [3.63, 3.8) is 0 Å². The fraction of sp³-hybridized carbons (Fsp3) is 0.455. The highest BCUT2D eigenvalue weighted by atomic mass is 31.2. The molecule has 2 aliphatic heterocycles. The number of hydrogen-bond donors (Lipinski definition) is 0. The van der Waals surface area contributed by atoms with Crippen molar-refractivity contribution in [2.24, 2.45) is 0 Å². The number of fused-ring (bicyclic) bond motifs is 2. The van der Waals surface area contributed by atoms with Crippen LogP contribution in [0.3, 0.4) is 0 Å². The molecular formula is C22H36O4P2. The SMILES string of the molecule is CC.CC.CC.CP1OCc2ccccc2O1.CP1OCc2ccccc2O1. The Bertz CT molecular complexity index is 582. The molecular weight excluding hydrogens is 390 g/mol. The van der Waals surface area contributed by atoms with Gasteiger partial charge in [0.15, 0.2) is 0 Å². The number of para-hydroxylation sites is 2. The second-order valence-electron chi connectivity index (χ2n) is 4.82. The van der Waals surface area contributed by atoms with Crippen molar-refractivity contribution < 1.29 is 18.1 Å². The summed E-state index contributed by atoms with van der Waals surface area (Å²) >= 11 is 0. The molecule has 0 spiro atoms. The molecule has 6 heteroatoms. The predicted octanol–water partition coefficient (Wildman–Crippen LogP) is 8.15. The van der Waals surface area contributed by atoms with Crippen LogP contribution in [-0.4, -0.2) is 13.3 Å². The average Bonchev–Trinajstić information content (AvgIpc) is 2.78. The van der Waals surface area contributed by atoms with Crippen LogP contribution in [-0.2, 0) is 22.3 Å². The van der Waals surface area contributed by atoms with E-state index < -0.39 is 16.8 Å². The van der Waals surface area contributed by atoms with Gasteiger partial charge in [-0.25, -0.2) is 0 Å². The highest BCUT2D eigenvalue weighted by molar-refractivity contribution is 7.47. The molecule has 2 aliphatic rings. The van der Waals surface area contributed by atoms with Crippen molar-refractivity contribution in [1.82, 2.24) is 0 Å². The summed E-state index contributed by atoms with van der Waals surface area (Å²) in [5.41, 5.74) is 2.29. The van der Waals surface area contributed by atoms with Crippen LogP contribution in [0.25, 0.3) is 0 Å². The molecule has 2 heterocycles. The van der Waals surface area contributed by atoms with Gasteiger partial charge in [0.25, 0.3) is 0 Å². The monoisotopic (exact) mass is 426 g/mol. The molecule has 2 aromatic rings. The number of rotatable bonds is 0. The van der Waals surface area contributed by atoms with E-state index in [9.17, 15) is 0 Å². The van der Waals surface area contributed by atoms with Crippen molar-refractivity contribution in [1.29, 1.82) is 0 Å². The first-order valence-corrected chi connectivity index (χ1v) is 13.2. The predicted molar refractivity (Wildman–Crippen MR) is 123 cm³/mol. The lowest BCUT2D eigenvalue weighted by molar-refractivity contribution is 0.280. The Morgan fingerprint density at radius 1 is 0.571 bits per heavy atom. The minimum absolute atomic E-state index is 0.678. The first kappa shape index (κ1) is 26.8. The van der Waals surface area contributed by atoms with E-state index in [0.717, 1.165) is 22.6 Å². The minimum atomic E-state index is -0.678. The summed E-state index contributed by atoms with van der Waals surface area (Å²) in [5, 5.41) is 0. The van der Waals surface area contributed by atoms with Crippen molar-refractivity contribution in [2.45, 2.75) is 54.8 Å². The van der Waals surface area contributed by atoms with Gasteiger partial charge in [0, 0.05) is 24.5 Å². The summed E-state index contributed by atoms with van der Waals surface area (Å²) in [7, 11) is -1.36. The summed E-state index contributed by atoms with van der Waals surface area (Å²) < 4.78 is 21.6. The minimum Gasteiger partial charge on any atom is -0.447 e. The average molecular weight is 426 g/mol. The van der Waals surface area contributed by atoms with Gasteiger partial charge in [-0.2, -0.15) is 0 Å². The van der Waals surface area contributed by atoms with E-state index >= 15 is 0 Å². The highest BCUT2D eigenvalue weighted by Crippen LogP contribution is 2.43. The Morgan fingerprint density at radius 3 is 1.25 bits per heavy atom. The van der Waals surface area contributed by atoms with E-state index in [2.05, 4.69) is 0 Å². The van der Waals surface area contributed by atoms with Crippen LogP contribution in [0.5, 0.6) is 11.5 Å². The Morgan fingerprint density at radius 2 is 0.893 bits per heavy atom. The third-order valence-electron chi connectivity index (χ3n) is 3.20. The topological polar surface area (TPSA) is 36.9 Å². The second-order valence-corrected chi connectivity index (χ2v) is 7.46. The molecule has 0 aromatic heterocycles. The first-order chi connectivity index (χ1) is 13.7. The lowest BCUT2D eigenvalue weighted by Gasteiger charge is -2.21. The number of hydrogen-bond acceptors (Lipinski definition) is 4. The zero-order valence-corrected chi connectivity index (χ0v) is 20.3. The largest absolute Gasteiger partial charge is 0.447 e. The van der Waals surface area contributed by atoms with Crippen LogP contribution in [0.4, 0.5) is 0 Å². The van der Waals surface area contributed by atoms with Gasteiger partial charge >= 0.3 is 0 Å². The van der Waals surface area contributed by atoms with Crippen molar-refractivity contribution in [3.05, 3.63) is 59.7 Å². The molecule has 2 unspecified atom stereocenters. The van der Waals surface area contributed by atoms with Crippen LogP contribution in [0.1, 0.15) is 52.7 Å².